The van der Waals surface area contributed by atoms with Gasteiger partial charge in [0.15, 0.2) is 0 Å². The monoisotopic (exact) mass is 481 g/mol. The van der Waals surface area contributed by atoms with Crippen LogP contribution in [0.25, 0.3) is 0 Å². The minimum Gasteiger partial charge on any atom is -0.494 e. The fourth-order valence-electron chi connectivity index (χ4n) is 4.41. The summed E-state index contributed by atoms with van der Waals surface area (Å²) in [5, 5.41) is 3.03. The van der Waals surface area contributed by atoms with Gasteiger partial charge in [-0.15, -0.1) is 0 Å². The van der Waals surface area contributed by atoms with Crippen LogP contribution in [0.3, 0.4) is 0 Å². The molecule has 0 radical (unpaired) electrons. The second-order valence-electron chi connectivity index (χ2n) is 8.73. The molecule has 33 heavy (non-hydrogen) atoms. The number of rotatable bonds is 10. The number of piperidine rings is 1. The molecule has 1 aromatic carbocycles. The van der Waals surface area contributed by atoms with Gasteiger partial charge < -0.3 is 15.0 Å². The summed E-state index contributed by atoms with van der Waals surface area (Å²) in [5.74, 6) is 0.342. The number of piperazine rings is 1. The molecule has 2 fully saturated rings. The van der Waals surface area contributed by atoms with Gasteiger partial charge in [-0.05, 0) is 58.0 Å². The van der Waals surface area contributed by atoms with Crippen molar-refractivity contribution in [2.45, 2.75) is 26.7 Å². The van der Waals surface area contributed by atoms with Gasteiger partial charge in [-0.1, -0.05) is 0 Å². The van der Waals surface area contributed by atoms with Crippen LogP contribution in [0.1, 0.15) is 26.7 Å². The Bertz CT molecular complexity index is 856. The summed E-state index contributed by atoms with van der Waals surface area (Å²) in [4.78, 5) is 17.4. The van der Waals surface area contributed by atoms with Crippen LogP contribution in [0.2, 0.25) is 0 Å². The lowest BCUT2D eigenvalue weighted by Gasteiger charge is -2.36. The van der Waals surface area contributed by atoms with E-state index in [4.69, 9.17) is 4.74 Å². The highest BCUT2D eigenvalue weighted by Crippen LogP contribution is 2.27. The summed E-state index contributed by atoms with van der Waals surface area (Å²) < 4.78 is 35.2. The van der Waals surface area contributed by atoms with Crippen molar-refractivity contribution in [2.75, 3.05) is 76.9 Å². The van der Waals surface area contributed by atoms with E-state index in [0.717, 1.165) is 32.7 Å². The van der Waals surface area contributed by atoms with E-state index in [0.29, 0.717) is 50.5 Å². The van der Waals surface area contributed by atoms with Crippen LogP contribution in [-0.2, 0) is 15.0 Å². The molecule has 0 spiro atoms. The normalized spacial score (nSPS) is 21.0. The Hall–Kier alpha value is -1.88. The highest BCUT2D eigenvalue weighted by Gasteiger charge is 2.35. The third kappa shape index (κ3) is 6.81. The SMILES string of the molecule is CCOc1ccc(N(CC)S(=O)(=O)N2CCCC(C(=O)NCCN3CCN(C)CC3)C2)cc1. The average molecular weight is 482 g/mol. The molecule has 10 heteroatoms. The Morgan fingerprint density at radius 3 is 2.45 bits per heavy atom. The van der Waals surface area contributed by atoms with E-state index in [9.17, 15) is 13.2 Å². The lowest BCUT2D eigenvalue weighted by molar-refractivity contribution is -0.126. The van der Waals surface area contributed by atoms with Gasteiger partial charge in [0, 0.05) is 58.9 Å². The summed E-state index contributed by atoms with van der Waals surface area (Å²) in [5.41, 5.74) is 0.597. The van der Waals surface area contributed by atoms with Crippen molar-refractivity contribution in [1.29, 1.82) is 0 Å². The summed E-state index contributed by atoms with van der Waals surface area (Å²) in [6.45, 7) is 10.8. The van der Waals surface area contributed by atoms with Gasteiger partial charge in [-0.3, -0.25) is 14.0 Å². The van der Waals surface area contributed by atoms with E-state index < -0.39 is 10.2 Å². The molecule has 1 N–H and O–H groups in total. The van der Waals surface area contributed by atoms with Gasteiger partial charge in [-0.25, -0.2) is 0 Å². The maximum Gasteiger partial charge on any atom is 0.304 e. The zero-order valence-corrected chi connectivity index (χ0v) is 21.0. The van der Waals surface area contributed by atoms with Crippen molar-refractivity contribution < 1.29 is 17.9 Å². The molecule has 9 nitrogen and oxygen atoms in total. The molecule has 3 rings (SSSR count). The first-order valence-electron chi connectivity index (χ1n) is 12.0. The Kier molecular flexibility index (Phi) is 9.37. The van der Waals surface area contributed by atoms with Crippen molar-refractivity contribution in [2.24, 2.45) is 5.92 Å². The molecule has 1 amide bonds. The van der Waals surface area contributed by atoms with E-state index in [1.54, 1.807) is 24.3 Å². The second-order valence-corrected chi connectivity index (χ2v) is 10.6. The Morgan fingerprint density at radius 2 is 1.82 bits per heavy atom. The lowest BCUT2D eigenvalue weighted by atomic mass is 9.99. The first kappa shape index (κ1) is 25.7. The number of likely N-dealkylation sites (N-methyl/N-ethyl adjacent to an activating group) is 1. The van der Waals surface area contributed by atoms with Crippen molar-refractivity contribution in [3.63, 3.8) is 0 Å². The first-order chi connectivity index (χ1) is 15.8. The van der Waals surface area contributed by atoms with Crippen molar-refractivity contribution >= 4 is 21.8 Å². The molecule has 186 valence electrons. The minimum absolute atomic E-state index is 0.0480. The quantitative estimate of drug-likeness (QED) is 0.541. The molecule has 0 aromatic heterocycles. The van der Waals surface area contributed by atoms with Gasteiger partial charge in [-0.2, -0.15) is 12.7 Å². The highest BCUT2D eigenvalue weighted by atomic mass is 32.2. The van der Waals surface area contributed by atoms with E-state index in [1.165, 1.54) is 8.61 Å². The van der Waals surface area contributed by atoms with Gasteiger partial charge in [0.05, 0.1) is 18.2 Å². The van der Waals surface area contributed by atoms with E-state index in [-0.39, 0.29) is 18.4 Å². The third-order valence-electron chi connectivity index (χ3n) is 6.41. The molecular formula is C23H39N5O4S. The van der Waals surface area contributed by atoms with Crippen LogP contribution in [0.15, 0.2) is 24.3 Å². The van der Waals surface area contributed by atoms with Crippen LogP contribution in [0.4, 0.5) is 5.69 Å². The minimum atomic E-state index is -3.73. The summed E-state index contributed by atoms with van der Waals surface area (Å²) in [7, 11) is -1.61. The maximum atomic E-state index is 13.4. The van der Waals surface area contributed by atoms with Crippen molar-refractivity contribution in [1.82, 2.24) is 19.4 Å². The number of ether oxygens (including phenoxy) is 1. The van der Waals surface area contributed by atoms with Gasteiger partial charge in [0.25, 0.3) is 0 Å². The summed E-state index contributed by atoms with van der Waals surface area (Å²) in [6.07, 6.45) is 1.39. The number of nitrogens with one attached hydrogen (secondary N) is 1. The molecule has 2 saturated heterocycles. The largest absolute Gasteiger partial charge is 0.494 e. The zero-order valence-electron chi connectivity index (χ0n) is 20.2. The molecule has 0 saturated carbocycles. The third-order valence-corrected chi connectivity index (χ3v) is 8.42. The van der Waals surface area contributed by atoms with E-state index in [2.05, 4.69) is 22.2 Å². The number of nitrogens with zero attached hydrogens (tertiary/aromatic N) is 4. The molecule has 1 atom stereocenters. The average Bonchev–Trinajstić information content (AvgIpc) is 2.82. The molecule has 0 bridgehead atoms. The van der Waals surface area contributed by atoms with Crippen LogP contribution in [-0.4, -0.2) is 101 Å². The topological polar surface area (TPSA) is 85.4 Å². The fraction of sp³-hybridized carbons (Fsp3) is 0.696. The van der Waals surface area contributed by atoms with Crippen LogP contribution in [0, 0.1) is 5.92 Å². The Labute approximate surface area is 198 Å². The first-order valence-corrected chi connectivity index (χ1v) is 13.4. The molecular weight excluding hydrogens is 442 g/mol. The molecule has 2 aliphatic heterocycles. The number of benzene rings is 1. The predicted molar refractivity (Wildman–Crippen MR) is 131 cm³/mol. The highest BCUT2D eigenvalue weighted by molar-refractivity contribution is 7.90. The zero-order chi connectivity index (χ0) is 23.8. The number of hydrogen-bond acceptors (Lipinski definition) is 6. The van der Waals surface area contributed by atoms with Gasteiger partial charge in [0.1, 0.15) is 5.75 Å². The van der Waals surface area contributed by atoms with Crippen LogP contribution >= 0.6 is 0 Å². The van der Waals surface area contributed by atoms with Crippen LogP contribution < -0.4 is 14.4 Å². The predicted octanol–water partition coefficient (Wildman–Crippen LogP) is 1.23. The van der Waals surface area contributed by atoms with Crippen LogP contribution in [0.5, 0.6) is 5.75 Å². The number of hydrogen-bond donors (Lipinski definition) is 1. The smallest absolute Gasteiger partial charge is 0.304 e. The summed E-state index contributed by atoms with van der Waals surface area (Å²) in [6, 6.07) is 7.09. The number of carbonyl (C=O) groups excluding carboxylic acids is 1. The number of amides is 1. The van der Waals surface area contributed by atoms with Crippen molar-refractivity contribution in [3.05, 3.63) is 24.3 Å². The lowest BCUT2D eigenvalue weighted by Crippen LogP contribution is -2.51. The maximum absolute atomic E-state index is 13.4. The molecule has 1 unspecified atom stereocenters. The number of carbonyl (C=O) groups is 1. The molecule has 1 aromatic rings. The standard InChI is InChI=1S/C23H39N5O4S/c1-4-28(21-8-10-22(11-9-21)32-5-2)33(30,31)27-13-6-7-20(19-27)23(29)24-12-14-26-17-15-25(3)16-18-26/h8-11,20H,4-7,12-19H2,1-3H3,(H,24,29). The molecule has 0 aliphatic carbocycles. The van der Waals surface area contributed by atoms with E-state index >= 15 is 0 Å². The van der Waals surface area contributed by atoms with Gasteiger partial charge in [0.2, 0.25) is 5.91 Å². The summed E-state index contributed by atoms with van der Waals surface area (Å²) >= 11 is 0. The Morgan fingerprint density at radius 1 is 1.12 bits per heavy atom. The van der Waals surface area contributed by atoms with Gasteiger partial charge >= 0.3 is 10.2 Å². The molecule has 2 aliphatic rings. The molecule has 2 heterocycles. The fourth-order valence-corrected chi connectivity index (χ4v) is 6.13. The van der Waals surface area contributed by atoms with E-state index in [1.807, 2.05) is 13.8 Å². The second kappa shape index (κ2) is 12.0. The number of anilines is 1. The van der Waals surface area contributed by atoms with Crippen molar-refractivity contribution in [3.8, 4) is 5.75 Å². The Balaban J connectivity index is 1.56.